The highest BCUT2D eigenvalue weighted by molar-refractivity contribution is 5.48. The van der Waals surface area contributed by atoms with Crippen LogP contribution in [0.2, 0.25) is 0 Å². The highest BCUT2D eigenvalue weighted by atomic mass is 15.2. The second kappa shape index (κ2) is 6.09. The molecule has 4 heteroatoms. The molecule has 0 radical (unpaired) electrons. The van der Waals surface area contributed by atoms with Crippen molar-refractivity contribution in [3.8, 4) is 6.07 Å². The van der Waals surface area contributed by atoms with E-state index in [4.69, 9.17) is 11.0 Å². The van der Waals surface area contributed by atoms with Gasteiger partial charge in [-0.2, -0.15) is 5.26 Å². The highest BCUT2D eigenvalue weighted by Gasteiger charge is 2.12. The van der Waals surface area contributed by atoms with E-state index in [0.29, 0.717) is 13.0 Å². The molecule has 2 N–H and O–H groups in total. The van der Waals surface area contributed by atoms with Crippen LogP contribution in [0.25, 0.3) is 0 Å². The smallest absolute Gasteiger partial charge is 0.133 e. The summed E-state index contributed by atoms with van der Waals surface area (Å²) in [6.45, 7) is 5.53. The molecular formula is C12H18N4. The topological polar surface area (TPSA) is 65.9 Å². The molecule has 0 unspecified atom stereocenters. The standard InChI is InChI=1S/C12H18N4/c1-3-16(9-5-7-13)12-11(10(2)14)6-4-8-15-12/h4,6,8,10H,3,5,9,14H2,1-2H3/t10-/m1/s1. The second-order valence-electron chi connectivity index (χ2n) is 3.69. The van der Waals surface area contributed by atoms with E-state index in [2.05, 4.69) is 22.9 Å². The molecule has 1 heterocycles. The van der Waals surface area contributed by atoms with Crippen LogP contribution >= 0.6 is 0 Å². The Bertz CT molecular complexity index is 368. The molecule has 0 aliphatic carbocycles. The second-order valence-corrected chi connectivity index (χ2v) is 3.69. The van der Waals surface area contributed by atoms with Gasteiger partial charge in [0.2, 0.25) is 0 Å². The van der Waals surface area contributed by atoms with Crippen LogP contribution in [0.15, 0.2) is 18.3 Å². The Hall–Kier alpha value is -1.60. The molecule has 0 bridgehead atoms. The van der Waals surface area contributed by atoms with Gasteiger partial charge in [0.1, 0.15) is 5.82 Å². The van der Waals surface area contributed by atoms with Crippen molar-refractivity contribution in [3.63, 3.8) is 0 Å². The van der Waals surface area contributed by atoms with E-state index in [1.807, 2.05) is 19.1 Å². The number of aromatic nitrogens is 1. The quantitative estimate of drug-likeness (QED) is 0.819. The van der Waals surface area contributed by atoms with E-state index in [0.717, 1.165) is 17.9 Å². The van der Waals surface area contributed by atoms with Crippen LogP contribution in [0.3, 0.4) is 0 Å². The van der Waals surface area contributed by atoms with Crippen molar-refractivity contribution in [2.45, 2.75) is 26.3 Å². The van der Waals surface area contributed by atoms with Gasteiger partial charge >= 0.3 is 0 Å². The minimum absolute atomic E-state index is 0.0418. The van der Waals surface area contributed by atoms with Gasteiger partial charge in [0, 0.05) is 30.9 Å². The number of nitriles is 1. The lowest BCUT2D eigenvalue weighted by Crippen LogP contribution is -2.27. The fraction of sp³-hybridized carbons (Fsp3) is 0.500. The van der Waals surface area contributed by atoms with E-state index in [1.54, 1.807) is 6.20 Å². The maximum atomic E-state index is 8.61. The molecule has 0 fully saturated rings. The van der Waals surface area contributed by atoms with Crippen LogP contribution in [0, 0.1) is 11.3 Å². The lowest BCUT2D eigenvalue weighted by Gasteiger charge is -2.24. The number of anilines is 1. The minimum Gasteiger partial charge on any atom is -0.356 e. The maximum absolute atomic E-state index is 8.61. The number of nitrogens with two attached hydrogens (primary N) is 1. The molecule has 0 aromatic carbocycles. The SMILES string of the molecule is CCN(CCC#N)c1ncccc1[C@@H](C)N. The summed E-state index contributed by atoms with van der Waals surface area (Å²) in [6.07, 6.45) is 2.26. The molecule has 1 aromatic rings. The van der Waals surface area contributed by atoms with Crippen LogP contribution < -0.4 is 10.6 Å². The van der Waals surface area contributed by atoms with Gasteiger partial charge in [-0.25, -0.2) is 4.98 Å². The summed E-state index contributed by atoms with van der Waals surface area (Å²) in [5.41, 5.74) is 6.93. The average Bonchev–Trinajstić information content (AvgIpc) is 2.30. The van der Waals surface area contributed by atoms with Crippen LogP contribution in [-0.4, -0.2) is 18.1 Å². The molecule has 0 aliphatic rings. The fourth-order valence-electron chi connectivity index (χ4n) is 1.63. The van der Waals surface area contributed by atoms with Gasteiger partial charge in [-0.05, 0) is 19.9 Å². The molecule has 1 aromatic heterocycles. The molecular weight excluding hydrogens is 200 g/mol. The van der Waals surface area contributed by atoms with Crippen LogP contribution in [0.5, 0.6) is 0 Å². The molecule has 0 saturated carbocycles. The third kappa shape index (κ3) is 2.94. The van der Waals surface area contributed by atoms with E-state index in [-0.39, 0.29) is 6.04 Å². The highest BCUT2D eigenvalue weighted by Crippen LogP contribution is 2.22. The first-order valence-electron chi connectivity index (χ1n) is 5.53. The largest absolute Gasteiger partial charge is 0.356 e. The van der Waals surface area contributed by atoms with Crippen molar-refractivity contribution in [3.05, 3.63) is 23.9 Å². The van der Waals surface area contributed by atoms with Crippen molar-refractivity contribution < 1.29 is 0 Å². The maximum Gasteiger partial charge on any atom is 0.133 e. The van der Waals surface area contributed by atoms with E-state index < -0.39 is 0 Å². The zero-order chi connectivity index (χ0) is 12.0. The predicted molar refractivity (Wildman–Crippen MR) is 65.0 cm³/mol. The van der Waals surface area contributed by atoms with Gasteiger partial charge in [-0.15, -0.1) is 0 Å². The number of hydrogen-bond donors (Lipinski definition) is 1. The lowest BCUT2D eigenvalue weighted by molar-refractivity contribution is 0.762. The fourth-order valence-corrected chi connectivity index (χ4v) is 1.63. The molecule has 86 valence electrons. The van der Waals surface area contributed by atoms with Gasteiger partial charge < -0.3 is 10.6 Å². The molecule has 16 heavy (non-hydrogen) atoms. The number of nitrogens with zero attached hydrogens (tertiary/aromatic N) is 3. The monoisotopic (exact) mass is 218 g/mol. The van der Waals surface area contributed by atoms with E-state index in [9.17, 15) is 0 Å². The molecule has 0 amide bonds. The molecule has 4 nitrogen and oxygen atoms in total. The normalized spacial score (nSPS) is 11.9. The summed E-state index contributed by atoms with van der Waals surface area (Å²) >= 11 is 0. The lowest BCUT2D eigenvalue weighted by atomic mass is 10.1. The summed E-state index contributed by atoms with van der Waals surface area (Å²) in [4.78, 5) is 6.45. The van der Waals surface area contributed by atoms with Gasteiger partial charge in [0.25, 0.3) is 0 Å². The Morgan fingerprint density at radius 2 is 2.38 bits per heavy atom. The number of hydrogen-bond acceptors (Lipinski definition) is 4. The first-order chi connectivity index (χ1) is 7.70. The minimum atomic E-state index is -0.0418. The first kappa shape index (κ1) is 12.5. The van der Waals surface area contributed by atoms with E-state index >= 15 is 0 Å². The van der Waals surface area contributed by atoms with Crippen molar-refractivity contribution in [1.82, 2.24) is 4.98 Å². The van der Waals surface area contributed by atoms with Gasteiger partial charge in [0.05, 0.1) is 12.5 Å². The Kier molecular flexibility index (Phi) is 4.74. The van der Waals surface area contributed by atoms with Crippen LogP contribution in [0.1, 0.15) is 31.9 Å². The Labute approximate surface area is 96.7 Å². The third-order valence-electron chi connectivity index (χ3n) is 2.48. The van der Waals surface area contributed by atoms with Crippen LogP contribution in [0.4, 0.5) is 5.82 Å². The van der Waals surface area contributed by atoms with Crippen molar-refractivity contribution in [1.29, 1.82) is 5.26 Å². The molecule has 0 aliphatic heterocycles. The molecule has 1 rings (SSSR count). The number of rotatable bonds is 5. The van der Waals surface area contributed by atoms with Crippen molar-refractivity contribution >= 4 is 5.82 Å². The molecule has 0 spiro atoms. The van der Waals surface area contributed by atoms with Crippen LogP contribution in [-0.2, 0) is 0 Å². The zero-order valence-electron chi connectivity index (χ0n) is 9.85. The Morgan fingerprint density at radius 1 is 1.62 bits per heavy atom. The average molecular weight is 218 g/mol. The van der Waals surface area contributed by atoms with Gasteiger partial charge in [0.15, 0.2) is 0 Å². The molecule has 0 saturated heterocycles. The van der Waals surface area contributed by atoms with Gasteiger partial charge in [-0.1, -0.05) is 6.07 Å². The summed E-state index contributed by atoms with van der Waals surface area (Å²) < 4.78 is 0. The Balaban J connectivity index is 2.95. The summed E-state index contributed by atoms with van der Waals surface area (Å²) in [5.74, 6) is 0.898. The predicted octanol–water partition coefficient (Wildman–Crippen LogP) is 1.84. The third-order valence-corrected chi connectivity index (χ3v) is 2.48. The molecule has 1 atom stereocenters. The summed E-state index contributed by atoms with van der Waals surface area (Å²) in [6, 6.07) is 5.99. The summed E-state index contributed by atoms with van der Waals surface area (Å²) in [7, 11) is 0. The van der Waals surface area contributed by atoms with Crippen molar-refractivity contribution in [2.24, 2.45) is 5.73 Å². The first-order valence-corrected chi connectivity index (χ1v) is 5.53. The number of pyridine rings is 1. The van der Waals surface area contributed by atoms with Crippen molar-refractivity contribution in [2.75, 3.05) is 18.0 Å². The Morgan fingerprint density at radius 3 is 2.94 bits per heavy atom. The van der Waals surface area contributed by atoms with Gasteiger partial charge in [-0.3, -0.25) is 0 Å². The van der Waals surface area contributed by atoms with E-state index in [1.165, 1.54) is 0 Å². The zero-order valence-corrected chi connectivity index (χ0v) is 9.85. The summed E-state index contributed by atoms with van der Waals surface area (Å²) in [5, 5.41) is 8.61.